The lowest BCUT2D eigenvalue weighted by Gasteiger charge is -2.11. The van der Waals surface area contributed by atoms with Gasteiger partial charge in [-0.1, -0.05) is 18.2 Å². The van der Waals surface area contributed by atoms with E-state index in [2.05, 4.69) is 15.6 Å². The van der Waals surface area contributed by atoms with E-state index in [1.165, 1.54) is 19.4 Å². The number of nitrogen functional groups attached to an aromatic ring is 1. The zero-order valence-corrected chi connectivity index (χ0v) is 13.4. The fraction of sp³-hybridized carbons (Fsp3) is 0.188. The molecule has 0 atom stereocenters. The number of hydrogen-bond donors (Lipinski definition) is 4. The molecule has 0 saturated carbocycles. The van der Waals surface area contributed by atoms with Crippen molar-refractivity contribution in [1.29, 1.82) is 5.41 Å². The third-order valence-electron chi connectivity index (χ3n) is 3.26. The summed E-state index contributed by atoms with van der Waals surface area (Å²) in [5, 5.41) is 12.9. The number of urea groups is 1. The van der Waals surface area contributed by atoms with Gasteiger partial charge in [-0.15, -0.1) is 0 Å². The van der Waals surface area contributed by atoms with E-state index >= 15 is 0 Å². The second-order valence-electron chi connectivity index (χ2n) is 4.81. The quantitative estimate of drug-likeness (QED) is 0.493. The van der Waals surface area contributed by atoms with Crippen molar-refractivity contribution < 1.29 is 14.3 Å². The maximum absolute atomic E-state index is 12.0. The number of nitrogens with two attached hydrogens (primary N) is 1. The number of carbonyl (C=O) groups is 1. The molecule has 8 nitrogen and oxygen atoms in total. The smallest absolute Gasteiger partial charge is 0.320 e. The highest BCUT2D eigenvalue weighted by molar-refractivity contribution is 5.97. The van der Waals surface area contributed by atoms with Gasteiger partial charge >= 0.3 is 6.03 Å². The average molecular weight is 329 g/mol. The molecule has 24 heavy (non-hydrogen) atoms. The molecule has 0 spiro atoms. The number of pyridine rings is 1. The van der Waals surface area contributed by atoms with E-state index in [4.69, 9.17) is 20.6 Å². The fourth-order valence-corrected chi connectivity index (χ4v) is 2.02. The van der Waals surface area contributed by atoms with Crippen LogP contribution in [0.15, 0.2) is 36.5 Å². The summed E-state index contributed by atoms with van der Waals surface area (Å²) in [6, 6.07) is 8.44. The summed E-state index contributed by atoms with van der Waals surface area (Å²) in [6.45, 7) is 0.303. The van der Waals surface area contributed by atoms with Gasteiger partial charge < -0.3 is 20.5 Å². The zero-order valence-electron chi connectivity index (χ0n) is 13.4. The molecule has 0 aliphatic rings. The third kappa shape index (κ3) is 4.13. The van der Waals surface area contributed by atoms with Gasteiger partial charge in [0.1, 0.15) is 11.6 Å². The van der Waals surface area contributed by atoms with Crippen molar-refractivity contribution in [2.75, 3.05) is 25.3 Å². The largest absolute Gasteiger partial charge is 0.496 e. The Morgan fingerprint density at radius 3 is 2.75 bits per heavy atom. The Labute approximate surface area is 139 Å². The summed E-state index contributed by atoms with van der Waals surface area (Å²) in [4.78, 5) is 16.0. The van der Waals surface area contributed by atoms with Crippen molar-refractivity contribution in [2.45, 2.75) is 6.54 Å². The van der Waals surface area contributed by atoms with Crippen LogP contribution < -0.4 is 21.1 Å². The van der Waals surface area contributed by atoms with Gasteiger partial charge in [0, 0.05) is 30.1 Å². The van der Waals surface area contributed by atoms with Crippen LogP contribution in [-0.2, 0) is 11.3 Å². The number of para-hydroxylation sites is 1. The molecule has 0 aliphatic carbocycles. The molecule has 5 N–H and O–H groups in total. The zero-order chi connectivity index (χ0) is 17.5. The van der Waals surface area contributed by atoms with Gasteiger partial charge in [0.2, 0.25) is 5.90 Å². The molecular formula is C16H19N5O3. The number of anilines is 2. The van der Waals surface area contributed by atoms with E-state index < -0.39 is 6.03 Å². The van der Waals surface area contributed by atoms with Gasteiger partial charge in [-0.05, 0) is 6.07 Å². The van der Waals surface area contributed by atoms with Gasteiger partial charge in [-0.3, -0.25) is 10.7 Å². The summed E-state index contributed by atoms with van der Waals surface area (Å²) in [5.41, 5.74) is 7.33. The molecule has 2 amide bonds. The minimum atomic E-state index is -0.428. The number of amides is 2. The Morgan fingerprint density at radius 2 is 2.08 bits per heavy atom. The van der Waals surface area contributed by atoms with Crippen LogP contribution >= 0.6 is 0 Å². The van der Waals surface area contributed by atoms with Crippen LogP contribution in [0, 0.1) is 5.41 Å². The first-order valence-corrected chi connectivity index (χ1v) is 7.10. The minimum Gasteiger partial charge on any atom is -0.496 e. The van der Waals surface area contributed by atoms with Gasteiger partial charge in [0.25, 0.3) is 0 Å². The van der Waals surface area contributed by atoms with Crippen LogP contribution in [0.1, 0.15) is 11.1 Å². The average Bonchev–Trinajstić information content (AvgIpc) is 2.59. The highest BCUT2D eigenvalue weighted by atomic mass is 16.5. The molecule has 0 radical (unpaired) electrons. The van der Waals surface area contributed by atoms with Gasteiger partial charge in [0.15, 0.2) is 0 Å². The number of benzene rings is 1. The Morgan fingerprint density at radius 1 is 1.33 bits per heavy atom. The van der Waals surface area contributed by atoms with Crippen molar-refractivity contribution in [3.8, 4) is 5.75 Å². The van der Waals surface area contributed by atoms with E-state index in [-0.39, 0.29) is 17.4 Å². The number of methoxy groups -OCH3 is 2. The summed E-state index contributed by atoms with van der Waals surface area (Å²) in [5.74, 6) is 0.882. The van der Waals surface area contributed by atoms with Crippen molar-refractivity contribution >= 4 is 23.4 Å². The molecule has 0 saturated heterocycles. The number of aromatic nitrogens is 1. The summed E-state index contributed by atoms with van der Waals surface area (Å²) in [6.07, 6.45) is 1.37. The predicted molar refractivity (Wildman–Crippen MR) is 91.3 cm³/mol. The Kier molecular flexibility index (Phi) is 5.56. The molecule has 0 unspecified atom stereocenters. The highest BCUT2D eigenvalue weighted by Crippen LogP contribution is 2.17. The summed E-state index contributed by atoms with van der Waals surface area (Å²) >= 11 is 0. The Bertz CT molecular complexity index is 748. The van der Waals surface area contributed by atoms with Crippen molar-refractivity contribution in [1.82, 2.24) is 10.3 Å². The molecular weight excluding hydrogens is 310 g/mol. The first-order valence-electron chi connectivity index (χ1n) is 7.10. The van der Waals surface area contributed by atoms with Crippen LogP contribution in [0.25, 0.3) is 0 Å². The number of rotatable bonds is 5. The molecule has 0 bridgehead atoms. The molecule has 0 aliphatic heterocycles. The molecule has 8 heteroatoms. The van der Waals surface area contributed by atoms with Crippen LogP contribution in [0.5, 0.6) is 5.75 Å². The van der Waals surface area contributed by atoms with Crippen molar-refractivity contribution in [3.63, 3.8) is 0 Å². The monoisotopic (exact) mass is 329 g/mol. The maximum atomic E-state index is 12.0. The van der Waals surface area contributed by atoms with Gasteiger partial charge in [-0.2, -0.15) is 0 Å². The molecule has 1 aromatic carbocycles. The first kappa shape index (κ1) is 17.1. The normalized spacial score (nSPS) is 9.92. The summed E-state index contributed by atoms with van der Waals surface area (Å²) in [7, 11) is 2.95. The molecule has 2 aromatic rings. The lowest BCUT2D eigenvalue weighted by Crippen LogP contribution is -2.28. The summed E-state index contributed by atoms with van der Waals surface area (Å²) < 4.78 is 10.0. The van der Waals surface area contributed by atoms with Crippen molar-refractivity contribution in [3.05, 3.63) is 47.7 Å². The molecule has 126 valence electrons. The lowest BCUT2D eigenvalue weighted by atomic mass is 10.2. The molecule has 1 heterocycles. The molecule has 1 aromatic heterocycles. The maximum Gasteiger partial charge on any atom is 0.320 e. The Hall–Kier alpha value is -3.29. The second-order valence-corrected chi connectivity index (χ2v) is 4.81. The van der Waals surface area contributed by atoms with Crippen LogP contribution in [0.3, 0.4) is 0 Å². The Balaban J connectivity index is 1.97. The van der Waals surface area contributed by atoms with E-state index in [1.54, 1.807) is 7.11 Å². The predicted octanol–water partition coefficient (Wildman–Crippen LogP) is 1.97. The molecule has 0 fully saturated rings. The van der Waals surface area contributed by atoms with Crippen LogP contribution in [0.2, 0.25) is 0 Å². The second kappa shape index (κ2) is 7.82. The fourth-order valence-electron chi connectivity index (χ4n) is 2.02. The third-order valence-corrected chi connectivity index (χ3v) is 3.26. The number of hydrogen-bond acceptors (Lipinski definition) is 6. The molecule has 2 rings (SSSR count). The van der Waals surface area contributed by atoms with Crippen LogP contribution in [0.4, 0.5) is 16.3 Å². The number of ether oxygens (including phenoxy) is 2. The SMILES string of the molecule is COC(=N)c1cnc(NC(=O)NCc2ccccc2OC)cc1N. The minimum absolute atomic E-state index is 0.0906. The first-order chi connectivity index (χ1) is 11.5. The standard InChI is InChI=1S/C16H19N5O3/c1-23-13-6-4-3-5-10(13)8-20-16(22)21-14-7-12(17)11(9-19-14)15(18)24-2/h3-7,9,18H,8H2,1-2H3,(H4,17,19,20,21,22). The number of nitrogens with one attached hydrogen (secondary N) is 3. The van der Waals surface area contributed by atoms with E-state index in [9.17, 15) is 4.79 Å². The van der Waals surface area contributed by atoms with Crippen LogP contribution in [-0.4, -0.2) is 31.1 Å². The number of nitrogens with zero attached hydrogens (tertiary/aromatic N) is 1. The van der Waals surface area contributed by atoms with E-state index in [0.29, 0.717) is 17.9 Å². The lowest BCUT2D eigenvalue weighted by molar-refractivity contribution is 0.251. The number of carbonyl (C=O) groups excluding carboxylic acids is 1. The van der Waals surface area contributed by atoms with Gasteiger partial charge in [0.05, 0.1) is 19.8 Å². The van der Waals surface area contributed by atoms with Crippen molar-refractivity contribution in [2.24, 2.45) is 0 Å². The topological polar surface area (TPSA) is 122 Å². The highest BCUT2D eigenvalue weighted by Gasteiger charge is 2.10. The van der Waals surface area contributed by atoms with E-state index in [0.717, 1.165) is 5.56 Å². The van der Waals surface area contributed by atoms with E-state index in [1.807, 2.05) is 24.3 Å². The van der Waals surface area contributed by atoms with Gasteiger partial charge in [-0.25, -0.2) is 9.78 Å².